The van der Waals surface area contributed by atoms with Crippen molar-refractivity contribution in [1.29, 1.82) is 0 Å². The molecule has 0 radical (unpaired) electrons. The zero-order chi connectivity index (χ0) is 17.1. The molecule has 1 atom stereocenters. The largest absolute Gasteiger partial charge is 0.340 e. The van der Waals surface area contributed by atoms with Gasteiger partial charge in [-0.3, -0.25) is 9.59 Å². The van der Waals surface area contributed by atoms with Gasteiger partial charge in [-0.15, -0.1) is 0 Å². The van der Waals surface area contributed by atoms with E-state index in [1.54, 1.807) is 18.0 Å². The van der Waals surface area contributed by atoms with Crippen molar-refractivity contribution < 1.29 is 9.59 Å². The molecule has 2 aliphatic heterocycles. The summed E-state index contributed by atoms with van der Waals surface area (Å²) in [6.45, 7) is 8.14. The van der Waals surface area contributed by atoms with Crippen molar-refractivity contribution in [3.63, 3.8) is 0 Å². The predicted molar refractivity (Wildman–Crippen MR) is 94.0 cm³/mol. The monoisotopic (exact) mass is 327 g/mol. The molecular weight excluding hydrogens is 302 g/mol. The highest BCUT2D eigenvalue weighted by molar-refractivity contribution is 5.82. The Labute approximate surface area is 143 Å². The molecule has 2 aliphatic rings. The van der Waals surface area contributed by atoms with Crippen molar-refractivity contribution >= 4 is 17.9 Å². The van der Waals surface area contributed by atoms with E-state index < -0.39 is 0 Å². The molecule has 0 spiro atoms. The molecular formula is C19H25N3O2. The predicted octanol–water partition coefficient (Wildman–Crippen LogP) is 2.11. The Morgan fingerprint density at radius 3 is 2.50 bits per heavy atom. The minimum Gasteiger partial charge on any atom is -0.340 e. The van der Waals surface area contributed by atoms with E-state index in [1.165, 1.54) is 0 Å². The molecule has 0 aliphatic carbocycles. The molecule has 1 fully saturated rings. The summed E-state index contributed by atoms with van der Waals surface area (Å²) in [7, 11) is 0. The van der Waals surface area contributed by atoms with Crippen molar-refractivity contribution in [3.8, 4) is 0 Å². The molecule has 3 rings (SSSR count). The fourth-order valence-electron chi connectivity index (χ4n) is 3.52. The average Bonchev–Trinajstić information content (AvgIpc) is 2.61. The quantitative estimate of drug-likeness (QED) is 0.854. The van der Waals surface area contributed by atoms with Crippen LogP contribution < -0.4 is 0 Å². The van der Waals surface area contributed by atoms with E-state index in [0.29, 0.717) is 6.42 Å². The second-order valence-electron chi connectivity index (χ2n) is 6.41. The molecule has 0 N–H and O–H groups in total. The first-order valence-electron chi connectivity index (χ1n) is 8.66. The molecule has 1 aromatic rings. The maximum Gasteiger partial charge on any atom is 0.225 e. The van der Waals surface area contributed by atoms with Crippen molar-refractivity contribution in [2.24, 2.45) is 0 Å². The van der Waals surface area contributed by atoms with Crippen LogP contribution in [0.15, 0.2) is 30.5 Å². The SMILES string of the molecule is CCN1CCN(C(=O)CC2c3ccccc3C=CN2C(C)=O)CC1. The number of carbonyl (C=O) groups excluding carboxylic acids is 2. The van der Waals surface area contributed by atoms with Crippen molar-refractivity contribution in [2.45, 2.75) is 26.3 Å². The summed E-state index contributed by atoms with van der Waals surface area (Å²) in [5, 5.41) is 0. The van der Waals surface area contributed by atoms with Crippen LogP contribution in [-0.2, 0) is 9.59 Å². The van der Waals surface area contributed by atoms with Crippen molar-refractivity contribution in [3.05, 3.63) is 41.6 Å². The van der Waals surface area contributed by atoms with Gasteiger partial charge < -0.3 is 14.7 Å². The zero-order valence-corrected chi connectivity index (χ0v) is 14.4. The maximum absolute atomic E-state index is 12.8. The molecule has 0 aromatic heterocycles. The summed E-state index contributed by atoms with van der Waals surface area (Å²) in [4.78, 5) is 30.8. The van der Waals surface area contributed by atoms with Crippen LogP contribution in [0.25, 0.3) is 6.08 Å². The number of nitrogens with zero attached hydrogens (tertiary/aromatic N) is 3. The molecule has 2 heterocycles. The van der Waals surface area contributed by atoms with Crippen LogP contribution in [0.1, 0.15) is 37.4 Å². The van der Waals surface area contributed by atoms with Crippen LogP contribution in [0.4, 0.5) is 0 Å². The normalized spacial score (nSPS) is 20.8. The first-order chi connectivity index (χ1) is 11.6. The zero-order valence-electron chi connectivity index (χ0n) is 14.4. The van der Waals surface area contributed by atoms with E-state index in [1.807, 2.05) is 35.2 Å². The first-order valence-corrected chi connectivity index (χ1v) is 8.66. The van der Waals surface area contributed by atoms with E-state index in [9.17, 15) is 9.59 Å². The van der Waals surface area contributed by atoms with Gasteiger partial charge in [0.1, 0.15) is 0 Å². The number of hydrogen-bond acceptors (Lipinski definition) is 3. The van der Waals surface area contributed by atoms with Gasteiger partial charge in [0.15, 0.2) is 0 Å². The van der Waals surface area contributed by atoms with Crippen LogP contribution in [0, 0.1) is 0 Å². The fraction of sp³-hybridized carbons (Fsp3) is 0.474. The number of hydrogen-bond donors (Lipinski definition) is 0. The lowest BCUT2D eigenvalue weighted by Gasteiger charge is -2.37. The molecule has 0 saturated carbocycles. The van der Waals surface area contributed by atoms with Gasteiger partial charge >= 0.3 is 0 Å². The number of rotatable bonds is 3. The van der Waals surface area contributed by atoms with Crippen molar-refractivity contribution in [2.75, 3.05) is 32.7 Å². The Bertz CT molecular complexity index is 648. The minimum atomic E-state index is -0.208. The topological polar surface area (TPSA) is 43.9 Å². The third-order valence-corrected chi connectivity index (χ3v) is 5.01. The Balaban J connectivity index is 1.75. The van der Waals surface area contributed by atoms with E-state index in [2.05, 4.69) is 11.8 Å². The highest BCUT2D eigenvalue weighted by Crippen LogP contribution is 2.33. The molecule has 1 saturated heterocycles. The lowest BCUT2D eigenvalue weighted by Crippen LogP contribution is -2.49. The highest BCUT2D eigenvalue weighted by Gasteiger charge is 2.30. The van der Waals surface area contributed by atoms with E-state index in [0.717, 1.165) is 43.9 Å². The summed E-state index contributed by atoms with van der Waals surface area (Å²) in [6.07, 6.45) is 4.09. The molecule has 1 unspecified atom stereocenters. The number of piperazine rings is 1. The Morgan fingerprint density at radius 2 is 1.83 bits per heavy atom. The van der Waals surface area contributed by atoms with Gasteiger partial charge in [-0.05, 0) is 23.7 Å². The number of fused-ring (bicyclic) bond motifs is 1. The van der Waals surface area contributed by atoms with Crippen LogP contribution >= 0.6 is 0 Å². The van der Waals surface area contributed by atoms with E-state index in [4.69, 9.17) is 0 Å². The standard InChI is InChI=1S/C19H25N3O2/c1-3-20-10-12-21(13-11-20)19(24)14-18-17-7-5-4-6-16(17)8-9-22(18)15(2)23/h4-9,18H,3,10-14H2,1-2H3. The first kappa shape index (κ1) is 16.7. The smallest absolute Gasteiger partial charge is 0.225 e. The summed E-state index contributed by atoms with van der Waals surface area (Å²) in [6, 6.07) is 7.78. The van der Waals surface area contributed by atoms with Gasteiger partial charge in [0.05, 0.1) is 12.5 Å². The lowest BCUT2D eigenvalue weighted by atomic mass is 9.93. The van der Waals surface area contributed by atoms with Gasteiger partial charge in [0.25, 0.3) is 0 Å². The second-order valence-corrected chi connectivity index (χ2v) is 6.41. The van der Waals surface area contributed by atoms with Gasteiger partial charge in [-0.25, -0.2) is 0 Å². The average molecular weight is 327 g/mol. The Morgan fingerprint density at radius 1 is 1.12 bits per heavy atom. The Kier molecular flexibility index (Phi) is 5.00. The third-order valence-electron chi connectivity index (χ3n) is 5.01. The van der Waals surface area contributed by atoms with Crippen LogP contribution in [0.5, 0.6) is 0 Å². The second kappa shape index (κ2) is 7.18. The number of carbonyl (C=O) groups is 2. The number of benzene rings is 1. The van der Waals surface area contributed by atoms with Crippen LogP contribution in [-0.4, -0.2) is 59.2 Å². The van der Waals surface area contributed by atoms with Crippen molar-refractivity contribution in [1.82, 2.24) is 14.7 Å². The van der Waals surface area contributed by atoms with Crippen LogP contribution in [0.3, 0.4) is 0 Å². The molecule has 5 heteroatoms. The number of amides is 2. The van der Waals surface area contributed by atoms with Gasteiger partial charge in [0.2, 0.25) is 11.8 Å². The van der Waals surface area contributed by atoms with E-state index in [-0.39, 0.29) is 17.9 Å². The molecule has 5 nitrogen and oxygen atoms in total. The lowest BCUT2D eigenvalue weighted by molar-refractivity contribution is -0.136. The summed E-state index contributed by atoms with van der Waals surface area (Å²) in [5.74, 6) is 0.0986. The summed E-state index contributed by atoms with van der Waals surface area (Å²) >= 11 is 0. The molecule has 24 heavy (non-hydrogen) atoms. The summed E-state index contributed by atoms with van der Waals surface area (Å²) in [5.41, 5.74) is 2.14. The van der Waals surface area contributed by atoms with E-state index >= 15 is 0 Å². The maximum atomic E-state index is 12.8. The molecule has 0 bridgehead atoms. The molecule has 2 amide bonds. The van der Waals surface area contributed by atoms with Gasteiger partial charge in [-0.2, -0.15) is 0 Å². The minimum absolute atomic E-state index is 0.0330. The van der Waals surface area contributed by atoms with Gasteiger partial charge in [-0.1, -0.05) is 31.2 Å². The summed E-state index contributed by atoms with van der Waals surface area (Å²) < 4.78 is 0. The molecule has 1 aromatic carbocycles. The highest BCUT2D eigenvalue weighted by atomic mass is 16.2. The fourth-order valence-corrected chi connectivity index (χ4v) is 3.52. The third kappa shape index (κ3) is 3.36. The number of likely N-dealkylation sites (N-methyl/N-ethyl adjacent to an activating group) is 1. The molecule has 128 valence electrons. The van der Waals surface area contributed by atoms with Gasteiger partial charge in [0, 0.05) is 39.3 Å². The van der Waals surface area contributed by atoms with Crippen LogP contribution in [0.2, 0.25) is 0 Å². The Hall–Kier alpha value is -2.14.